The van der Waals surface area contributed by atoms with Crippen LogP contribution in [0.25, 0.3) is 11.0 Å². The Hall–Kier alpha value is -2.16. The molecule has 0 saturated heterocycles. The summed E-state index contributed by atoms with van der Waals surface area (Å²) < 4.78 is 1.44. The molecule has 1 aliphatic rings. The lowest BCUT2D eigenvalue weighted by Crippen LogP contribution is -2.34. The van der Waals surface area contributed by atoms with Gasteiger partial charge in [0, 0.05) is 25.3 Å². The molecule has 1 aliphatic heterocycles. The van der Waals surface area contributed by atoms with Gasteiger partial charge in [-0.1, -0.05) is 32.4 Å². The average Bonchev–Trinajstić information content (AvgIpc) is 2.69. The van der Waals surface area contributed by atoms with Crippen LogP contribution in [0.15, 0.2) is 27.3 Å². The van der Waals surface area contributed by atoms with Crippen molar-refractivity contribution in [3.8, 4) is 0 Å². The Balaban J connectivity index is 0.00000225. The lowest BCUT2D eigenvalue weighted by atomic mass is 10.0. The van der Waals surface area contributed by atoms with Crippen molar-refractivity contribution in [1.82, 2.24) is 25.2 Å². The number of amides is 1. The summed E-state index contributed by atoms with van der Waals surface area (Å²) in [5.74, 6) is -0.284. The standard InChI is InChI=1S/C20H27N5O3.2ClH/c1-4-9-25-17-16(19(27)24-20(25)28)14(10-15(23-17)12(2)3)18(26)22-11-13-5-7-21-8-6-13;;/h5,10,12,21H,4,6-9,11H2,1-3H3,(H,22,26)(H,24,27,28);2*1H. The second kappa shape index (κ2) is 11.3. The molecule has 3 heterocycles. The fourth-order valence-electron chi connectivity index (χ4n) is 3.32. The first-order chi connectivity index (χ1) is 13.4. The van der Waals surface area contributed by atoms with Gasteiger partial charge in [0.15, 0.2) is 5.65 Å². The Kier molecular flexibility index (Phi) is 9.74. The van der Waals surface area contributed by atoms with Crippen molar-refractivity contribution >= 4 is 41.8 Å². The Morgan fingerprint density at radius 2 is 2.03 bits per heavy atom. The van der Waals surface area contributed by atoms with Gasteiger partial charge in [0.25, 0.3) is 11.5 Å². The SMILES string of the molecule is CCCn1c(=O)[nH]c(=O)c2c(C(=O)NCC3=CCNCC3)cc(C(C)C)nc21.Cl.Cl. The number of carbonyl (C=O) groups is 1. The average molecular weight is 458 g/mol. The highest BCUT2D eigenvalue weighted by Crippen LogP contribution is 2.20. The zero-order valence-corrected chi connectivity index (χ0v) is 19.0. The number of carbonyl (C=O) groups excluding carboxylic acids is 1. The molecule has 166 valence electrons. The first-order valence-corrected chi connectivity index (χ1v) is 9.77. The predicted molar refractivity (Wildman–Crippen MR) is 123 cm³/mol. The minimum atomic E-state index is -0.582. The molecule has 0 spiro atoms. The predicted octanol–water partition coefficient (Wildman–Crippen LogP) is 2.11. The molecule has 3 rings (SSSR count). The highest BCUT2D eigenvalue weighted by atomic mass is 35.5. The topological polar surface area (TPSA) is 109 Å². The largest absolute Gasteiger partial charge is 0.348 e. The van der Waals surface area contributed by atoms with Gasteiger partial charge < -0.3 is 10.6 Å². The van der Waals surface area contributed by atoms with E-state index in [0.717, 1.165) is 25.1 Å². The normalized spacial score (nSPS) is 13.4. The van der Waals surface area contributed by atoms with Crippen LogP contribution in [0.2, 0.25) is 0 Å². The number of pyridine rings is 1. The third kappa shape index (κ3) is 5.50. The fourth-order valence-corrected chi connectivity index (χ4v) is 3.32. The smallest absolute Gasteiger partial charge is 0.329 e. The summed E-state index contributed by atoms with van der Waals surface area (Å²) in [6, 6.07) is 1.66. The zero-order chi connectivity index (χ0) is 20.3. The van der Waals surface area contributed by atoms with E-state index in [1.54, 1.807) is 6.07 Å². The van der Waals surface area contributed by atoms with Gasteiger partial charge in [-0.2, -0.15) is 0 Å². The Morgan fingerprint density at radius 3 is 2.63 bits per heavy atom. The van der Waals surface area contributed by atoms with Crippen molar-refractivity contribution in [3.05, 3.63) is 49.8 Å². The van der Waals surface area contributed by atoms with Crippen LogP contribution in [0.5, 0.6) is 0 Å². The molecule has 10 heteroatoms. The highest BCUT2D eigenvalue weighted by molar-refractivity contribution is 6.05. The molecule has 2 aromatic rings. The van der Waals surface area contributed by atoms with Gasteiger partial charge in [-0.05, 0) is 31.4 Å². The maximum Gasteiger partial charge on any atom is 0.329 e. The summed E-state index contributed by atoms with van der Waals surface area (Å²) in [6.45, 7) is 8.41. The van der Waals surface area contributed by atoms with Crippen molar-refractivity contribution in [3.63, 3.8) is 0 Å². The van der Waals surface area contributed by atoms with Crippen molar-refractivity contribution in [2.24, 2.45) is 0 Å². The van der Waals surface area contributed by atoms with Crippen LogP contribution in [0.1, 0.15) is 55.6 Å². The number of fused-ring (bicyclic) bond motifs is 1. The minimum absolute atomic E-state index is 0. The number of nitrogens with one attached hydrogen (secondary N) is 3. The van der Waals surface area contributed by atoms with Gasteiger partial charge in [-0.25, -0.2) is 9.78 Å². The molecular weight excluding hydrogens is 429 g/mol. The van der Waals surface area contributed by atoms with Crippen molar-refractivity contribution in [2.75, 3.05) is 19.6 Å². The zero-order valence-electron chi connectivity index (χ0n) is 17.4. The van der Waals surface area contributed by atoms with E-state index in [-0.39, 0.29) is 53.2 Å². The number of hydrogen-bond acceptors (Lipinski definition) is 5. The van der Waals surface area contributed by atoms with E-state index in [2.05, 4.69) is 26.7 Å². The number of rotatable bonds is 6. The molecule has 0 bridgehead atoms. The molecule has 2 aromatic heterocycles. The first-order valence-electron chi connectivity index (χ1n) is 9.77. The lowest BCUT2D eigenvalue weighted by Gasteiger charge is -2.16. The van der Waals surface area contributed by atoms with Gasteiger partial charge in [0.2, 0.25) is 0 Å². The van der Waals surface area contributed by atoms with E-state index in [4.69, 9.17) is 0 Å². The second-order valence-corrected chi connectivity index (χ2v) is 7.36. The summed E-state index contributed by atoms with van der Waals surface area (Å²) in [5, 5.41) is 6.31. The van der Waals surface area contributed by atoms with Gasteiger partial charge in [0.1, 0.15) is 0 Å². The molecule has 8 nitrogen and oxygen atoms in total. The Labute approximate surface area is 187 Å². The molecule has 0 fully saturated rings. The lowest BCUT2D eigenvalue weighted by molar-refractivity contribution is 0.0958. The van der Waals surface area contributed by atoms with Crippen LogP contribution >= 0.6 is 24.8 Å². The van der Waals surface area contributed by atoms with E-state index < -0.39 is 11.2 Å². The Morgan fingerprint density at radius 1 is 1.30 bits per heavy atom. The molecule has 0 atom stereocenters. The van der Waals surface area contributed by atoms with Crippen LogP contribution in [0.4, 0.5) is 0 Å². The number of H-pyrrole nitrogens is 1. The van der Waals surface area contributed by atoms with Gasteiger partial charge in [-0.15, -0.1) is 24.8 Å². The van der Waals surface area contributed by atoms with E-state index in [1.807, 2.05) is 20.8 Å². The summed E-state index contributed by atoms with van der Waals surface area (Å²) >= 11 is 0. The molecule has 0 radical (unpaired) electrons. The van der Waals surface area contributed by atoms with Crippen molar-refractivity contribution in [2.45, 2.75) is 46.1 Å². The van der Waals surface area contributed by atoms with Gasteiger partial charge in [0.05, 0.1) is 10.9 Å². The monoisotopic (exact) mass is 457 g/mol. The number of nitrogens with zero attached hydrogens (tertiary/aromatic N) is 2. The summed E-state index contributed by atoms with van der Waals surface area (Å²) in [6.07, 6.45) is 3.66. The van der Waals surface area contributed by atoms with Crippen molar-refractivity contribution < 1.29 is 4.79 Å². The third-order valence-corrected chi connectivity index (χ3v) is 4.89. The van der Waals surface area contributed by atoms with E-state index in [9.17, 15) is 14.4 Å². The number of aromatic nitrogens is 3. The number of hydrogen-bond donors (Lipinski definition) is 3. The molecule has 1 amide bonds. The summed E-state index contributed by atoms with van der Waals surface area (Å²) in [4.78, 5) is 44.7. The summed E-state index contributed by atoms with van der Waals surface area (Å²) in [5.41, 5.74) is 1.28. The Bertz CT molecular complexity index is 1040. The number of aryl methyl sites for hydroxylation is 1. The van der Waals surface area contributed by atoms with Crippen LogP contribution in [0.3, 0.4) is 0 Å². The van der Waals surface area contributed by atoms with E-state index in [0.29, 0.717) is 25.2 Å². The maximum absolute atomic E-state index is 13.0. The highest BCUT2D eigenvalue weighted by Gasteiger charge is 2.20. The minimum Gasteiger partial charge on any atom is -0.348 e. The van der Waals surface area contributed by atoms with Crippen LogP contribution < -0.4 is 21.9 Å². The molecule has 0 unspecified atom stereocenters. The van der Waals surface area contributed by atoms with Crippen LogP contribution in [-0.4, -0.2) is 40.1 Å². The van der Waals surface area contributed by atoms with Crippen LogP contribution in [-0.2, 0) is 6.54 Å². The molecule has 30 heavy (non-hydrogen) atoms. The third-order valence-electron chi connectivity index (χ3n) is 4.89. The number of aromatic amines is 1. The number of halogens is 2. The molecule has 0 aromatic carbocycles. The molecule has 3 N–H and O–H groups in total. The van der Waals surface area contributed by atoms with E-state index in [1.165, 1.54) is 4.57 Å². The van der Waals surface area contributed by atoms with E-state index >= 15 is 0 Å². The molecule has 0 aliphatic carbocycles. The molecular formula is C20H29Cl2N5O3. The fraction of sp³-hybridized carbons (Fsp3) is 0.500. The molecule has 0 saturated carbocycles. The van der Waals surface area contributed by atoms with Gasteiger partial charge in [-0.3, -0.25) is 19.1 Å². The van der Waals surface area contributed by atoms with Crippen molar-refractivity contribution in [1.29, 1.82) is 0 Å². The summed E-state index contributed by atoms with van der Waals surface area (Å²) in [7, 11) is 0. The maximum atomic E-state index is 13.0. The first kappa shape index (κ1) is 25.9. The second-order valence-electron chi connectivity index (χ2n) is 7.36. The quantitative estimate of drug-likeness (QED) is 0.575. The van der Waals surface area contributed by atoms with Crippen LogP contribution in [0, 0.1) is 0 Å². The van der Waals surface area contributed by atoms with Gasteiger partial charge >= 0.3 is 5.69 Å².